The zero-order valence-electron chi connectivity index (χ0n) is 12.6. The molecule has 0 aromatic heterocycles. The molecule has 0 aliphatic heterocycles. The molecule has 0 aliphatic rings. The molecule has 0 fully saturated rings. The Balaban J connectivity index is 1.83. The lowest BCUT2D eigenvalue weighted by atomic mass is 10.2. The molecule has 116 valence electrons. The lowest BCUT2D eigenvalue weighted by Gasteiger charge is -2.13. The van der Waals surface area contributed by atoms with Crippen molar-refractivity contribution >= 4 is 11.7 Å². The van der Waals surface area contributed by atoms with Crippen LogP contribution in [0.3, 0.4) is 0 Å². The van der Waals surface area contributed by atoms with E-state index >= 15 is 0 Å². The maximum absolute atomic E-state index is 13.3. The molecular formula is C17H18FNO3. The molecule has 0 aliphatic carbocycles. The van der Waals surface area contributed by atoms with Gasteiger partial charge in [0.2, 0.25) is 0 Å². The Morgan fingerprint density at radius 2 is 1.91 bits per heavy atom. The molecule has 0 heterocycles. The lowest BCUT2D eigenvalue weighted by Crippen LogP contribution is -2.15. The van der Waals surface area contributed by atoms with E-state index in [1.807, 2.05) is 43.3 Å². The van der Waals surface area contributed by atoms with Crippen molar-refractivity contribution in [3.63, 3.8) is 0 Å². The number of carbonyl (C=O) groups is 1. The number of benzene rings is 2. The lowest BCUT2D eigenvalue weighted by molar-refractivity contribution is -0.147. The van der Waals surface area contributed by atoms with Crippen LogP contribution in [-0.2, 0) is 16.1 Å². The van der Waals surface area contributed by atoms with Gasteiger partial charge in [-0.1, -0.05) is 24.3 Å². The molecule has 0 spiro atoms. The van der Waals surface area contributed by atoms with Gasteiger partial charge in [0.15, 0.2) is 18.2 Å². The smallest absolute Gasteiger partial charge is 0.344 e. The minimum Gasteiger partial charge on any atom is -0.479 e. The van der Waals surface area contributed by atoms with Gasteiger partial charge in [-0.2, -0.15) is 0 Å². The van der Waals surface area contributed by atoms with Crippen LogP contribution in [0, 0.1) is 5.82 Å². The summed E-state index contributed by atoms with van der Waals surface area (Å²) < 4.78 is 23.5. The zero-order chi connectivity index (χ0) is 15.9. The van der Waals surface area contributed by atoms with E-state index in [4.69, 9.17) is 9.47 Å². The van der Waals surface area contributed by atoms with E-state index in [1.165, 1.54) is 12.1 Å². The van der Waals surface area contributed by atoms with E-state index in [0.29, 0.717) is 0 Å². The second-order valence-electron chi connectivity index (χ2n) is 4.94. The van der Waals surface area contributed by atoms with Gasteiger partial charge in [-0.3, -0.25) is 0 Å². The average molecular weight is 303 g/mol. The van der Waals surface area contributed by atoms with Crippen molar-refractivity contribution in [2.45, 2.75) is 6.61 Å². The molecule has 0 N–H and O–H groups in total. The van der Waals surface area contributed by atoms with Crippen LogP contribution in [0.5, 0.6) is 5.75 Å². The number of esters is 1. The molecule has 0 amide bonds. The molecule has 0 atom stereocenters. The van der Waals surface area contributed by atoms with Gasteiger partial charge in [-0.15, -0.1) is 0 Å². The number of nitrogens with zero attached hydrogens (tertiary/aromatic N) is 1. The van der Waals surface area contributed by atoms with Crippen molar-refractivity contribution in [3.8, 4) is 5.75 Å². The van der Waals surface area contributed by atoms with E-state index in [0.717, 1.165) is 11.3 Å². The predicted molar refractivity (Wildman–Crippen MR) is 82.5 cm³/mol. The molecule has 22 heavy (non-hydrogen) atoms. The number of ether oxygens (including phenoxy) is 2. The van der Waals surface area contributed by atoms with E-state index < -0.39 is 11.8 Å². The highest BCUT2D eigenvalue weighted by Gasteiger charge is 2.08. The van der Waals surface area contributed by atoms with Gasteiger partial charge in [0, 0.05) is 19.8 Å². The Hall–Kier alpha value is -2.56. The number of carbonyl (C=O) groups excluding carboxylic acids is 1. The molecule has 0 saturated carbocycles. The SMILES string of the molecule is CN(C)c1cccc(COC(=O)COc2ccccc2F)c1. The summed E-state index contributed by atoms with van der Waals surface area (Å²) in [6, 6.07) is 13.6. The number of hydrogen-bond acceptors (Lipinski definition) is 4. The fourth-order valence-electron chi connectivity index (χ4n) is 1.83. The van der Waals surface area contributed by atoms with Crippen LogP contribution in [0.25, 0.3) is 0 Å². The van der Waals surface area contributed by atoms with Gasteiger partial charge in [0.25, 0.3) is 0 Å². The average Bonchev–Trinajstić information content (AvgIpc) is 2.52. The van der Waals surface area contributed by atoms with Gasteiger partial charge in [0.05, 0.1) is 0 Å². The summed E-state index contributed by atoms with van der Waals surface area (Å²) in [7, 11) is 3.88. The van der Waals surface area contributed by atoms with Crippen molar-refractivity contribution < 1.29 is 18.7 Å². The molecule has 2 aromatic carbocycles. The number of hydrogen-bond donors (Lipinski definition) is 0. The number of anilines is 1. The second kappa shape index (κ2) is 7.45. The van der Waals surface area contributed by atoms with E-state index in [2.05, 4.69) is 0 Å². The van der Waals surface area contributed by atoms with Crippen molar-refractivity contribution in [1.29, 1.82) is 0 Å². The summed E-state index contributed by atoms with van der Waals surface area (Å²) >= 11 is 0. The van der Waals surface area contributed by atoms with Crippen LogP contribution in [0.15, 0.2) is 48.5 Å². The summed E-state index contributed by atoms with van der Waals surface area (Å²) in [6.45, 7) is -0.171. The fraction of sp³-hybridized carbons (Fsp3) is 0.235. The third-order valence-electron chi connectivity index (χ3n) is 3.01. The molecule has 4 nitrogen and oxygen atoms in total. The van der Waals surface area contributed by atoms with Gasteiger partial charge in [-0.05, 0) is 29.8 Å². The normalized spacial score (nSPS) is 10.1. The minimum atomic E-state index is -0.543. The maximum Gasteiger partial charge on any atom is 0.344 e. The first-order chi connectivity index (χ1) is 10.6. The summed E-state index contributed by atoms with van der Waals surface area (Å²) in [4.78, 5) is 13.6. The van der Waals surface area contributed by atoms with Crippen molar-refractivity contribution in [2.24, 2.45) is 0 Å². The molecule has 2 rings (SSSR count). The van der Waals surface area contributed by atoms with Crippen molar-refractivity contribution in [2.75, 3.05) is 25.6 Å². The molecular weight excluding hydrogens is 285 g/mol. The third-order valence-corrected chi connectivity index (χ3v) is 3.01. The Bertz CT molecular complexity index is 643. The fourth-order valence-corrected chi connectivity index (χ4v) is 1.83. The minimum absolute atomic E-state index is 0.0362. The highest BCUT2D eigenvalue weighted by Crippen LogP contribution is 2.16. The topological polar surface area (TPSA) is 38.8 Å². The molecule has 0 unspecified atom stereocenters. The van der Waals surface area contributed by atoms with Gasteiger partial charge >= 0.3 is 5.97 Å². The van der Waals surface area contributed by atoms with E-state index in [9.17, 15) is 9.18 Å². The molecule has 0 bridgehead atoms. The molecule has 0 radical (unpaired) electrons. The Kier molecular flexibility index (Phi) is 5.36. The van der Waals surface area contributed by atoms with Crippen LogP contribution < -0.4 is 9.64 Å². The summed E-state index contributed by atoms with van der Waals surface area (Å²) in [6.07, 6.45) is 0. The van der Waals surface area contributed by atoms with Crippen molar-refractivity contribution in [3.05, 3.63) is 59.9 Å². The van der Waals surface area contributed by atoms with E-state index in [-0.39, 0.29) is 19.0 Å². The highest BCUT2D eigenvalue weighted by molar-refractivity contribution is 5.71. The van der Waals surface area contributed by atoms with Crippen LogP contribution in [0.4, 0.5) is 10.1 Å². The Morgan fingerprint density at radius 3 is 2.64 bits per heavy atom. The van der Waals surface area contributed by atoms with Crippen LogP contribution in [-0.4, -0.2) is 26.7 Å². The first-order valence-corrected chi connectivity index (χ1v) is 6.85. The standard InChI is InChI=1S/C17H18FNO3/c1-19(2)14-7-5-6-13(10-14)11-22-17(20)12-21-16-9-4-3-8-15(16)18/h3-10H,11-12H2,1-2H3. The maximum atomic E-state index is 13.3. The van der Waals surface area contributed by atoms with Crippen LogP contribution in [0.2, 0.25) is 0 Å². The van der Waals surface area contributed by atoms with Crippen LogP contribution in [0.1, 0.15) is 5.56 Å². The largest absolute Gasteiger partial charge is 0.479 e. The molecule has 5 heteroatoms. The molecule has 0 saturated heterocycles. The summed E-state index contributed by atoms with van der Waals surface area (Å²) in [5.41, 5.74) is 1.90. The quantitative estimate of drug-likeness (QED) is 0.769. The Labute approximate surface area is 129 Å². The monoisotopic (exact) mass is 303 g/mol. The summed E-state index contributed by atoms with van der Waals surface area (Å²) in [5.74, 6) is -1.01. The molecule has 2 aromatic rings. The number of para-hydroxylation sites is 1. The van der Waals surface area contributed by atoms with Gasteiger partial charge in [-0.25, -0.2) is 9.18 Å². The summed E-state index contributed by atoms with van der Waals surface area (Å²) in [5, 5.41) is 0. The number of halogens is 1. The predicted octanol–water partition coefficient (Wildman–Crippen LogP) is 3.01. The number of rotatable bonds is 6. The first-order valence-electron chi connectivity index (χ1n) is 6.85. The van der Waals surface area contributed by atoms with E-state index in [1.54, 1.807) is 12.1 Å². The third kappa shape index (κ3) is 4.48. The van der Waals surface area contributed by atoms with Crippen molar-refractivity contribution in [1.82, 2.24) is 0 Å². The van der Waals surface area contributed by atoms with Gasteiger partial charge in [0.1, 0.15) is 6.61 Å². The van der Waals surface area contributed by atoms with Crippen LogP contribution >= 0.6 is 0 Å². The van der Waals surface area contributed by atoms with Gasteiger partial charge < -0.3 is 14.4 Å². The Morgan fingerprint density at radius 1 is 1.14 bits per heavy atom. The first kappa shape index (κ1) is 15.8. The highest BCUT2D eigenvalue weighted by atomic mass is 19.1. The zero-order valence-corrected chi connectivity index (χ0v) is 12.6. The second-order valence-corrected chi connectivity index (χ2v) is 4.94.